The van der Waals surface area contributed by atoms with Crippen molar-refractivity contribution >= 4 is 17.5 Å². The van der Waals surface area contributed by atoms with Gasteiger partial charge in [-0.2, -0.15) is 4.98 Å². The van der Waals surface area contributed by atoms with Crippen molar-refractivity contribution in [3.63, 3.8) is 0 Å². The molecule has 1 aromatic carbocycles. The van der Waals surface area contributed by atoms with Gasteiger partial charge in [-0.25, -0.2) is 0 Å². The summed E-state index contributed by atoms with van der Waals surface area (Å²) < 4.78 is 7.68. The second kappa shape index (κ2) is 6.41. The zero-order chi connectivity index (χ0) is 17.4. The van der Waals surface area contributed by atoms with E-state index < -0.39 is 0 Å². The van der Waals surface area contributed by atoms with Crippen molar-refractivity contribution in [3.05, 3.63) is 76.2 Å². The summed E-state index contributed by atoms with van der Waals surface area (Å²) in [4.78, 5) is 16.2. The number of anilines is 1. The molecule has 25 heavy (non-hydrogen) atoms. The summed E-state index contributed by atoms with van der Waals surface area (Å²) in [5.41, 5.74) is 1.70. The number of halogens is 1. The van der Waals surface area contributed by atoms with Gasteiger partial charge in [0.05, 0.1) is 17.5 Å². The third-order valence-corrected chi connectivity index (χ3v) is 5.13. The number of nitrogens with zero attached hydrogens (tertiary/aromatic N) is 2. The lowest BCUT2D eigenvalue weighted by Crippen LogP contribution is -2.24. The fraction of sp³-hybridized carbons (Fsp3) is 0.263. The lowest BCUT2D eigenvalue weighted by molar-refractivity contribution is 0.342. The lowest BCUT2D eigenvalue weighted by atomic mass is 9.98. The maximum atomic E-state index is 12.0. The molecule has 0 bridgehead atoms. The van der Waals surface area contributed by atoms with E-state index in [1.165, 1.54) is 6.07 Å². The monoisotopic (exact) mass is 355 g/mol. The summed E-state index contributed by atoms with van der Waals surface area (Å²) in [6.45, 7) is 2.51. The topological polar surface area (TPSA) is 56.2 Å². The predicted molar refractivity (Wildman–Crippen MR) is 98.2 cm³/mol. The first-order valence-electron chi connectivity index (χ1n) is 8.24. The summed E-state index contributed by atoms with van der Waals surface area (Å²) >= 11 is 6.32. The van der Waals surface area contributed by atoms with Crippen molar-refractivity contribution in [1.29, 1.82) is 0 Å². The highest BCUT2D eigenvalue weighted by Crippen LogP contribution is 2.34. The van der Waals surface area contributed by atoms with E-state index in [1.54, 1.807) is 0 Å². The van der Waals surface area contributed by atoms with E-state index in [4.69, 9.17) is 16.3 Å². The minimum Gasteiger partial charge on any atom is -0.476 e. The van der Waals surface area contributed by atoms with E-state index in [0.29, 0.717) is 18.4 Å². The van der Waals surface area contributed by atoms with Gasteiger partial charge < -0.3 is 10.1 Å². The van der Waals surface area contributed by atoms with Gasteiger partial charge in [0.25, 0.3) is 5.56 Å². The van der Waals surface area contributed by atoms with Crippen molar-refractivity contribution in [3.8, 4) is 5.88 Å². The molecule has 128 valence electrons. The summed E-state index contributed by atoms with van der Waals surface area (Å²) in [6, 6.07) is 11.4. The van der Waals surface area contributed by atoms with Crippen molar-refractivity contribution in [2.24, 2.45) is 5.92 Å². The lowest BCUT2D eigenvalue weighted by Gasteiger charge is -2.24. The molecule has 4 rings (SSSR count). The predicted octanol–water partition coefficient (Wildman–Crippen LogP) is 3.33. The number of hydrogen-bond donors (Lipinski definition) is 1. The Morgan fingerprint density at radius 3 is 2.92 bits per heavy atom. The van der Waals surface area contributed by atoms with Gasteiger partial charge in [0.1, 0.15) is 6.61 Å². The van der Waals surface area contributed by atoms with Crippen LogP contribution in [0.25, 0.3) is 0 Å². The Morgan fingerprint density at radius 2 is 2.12 bits per heavy atom. The van der Waals surface area contributed by atoms with E-state index in [2.05, 4.69) is 10.3 Å². The third kappa shape index (κ3) is 2.96. The molecule has 0 saturated heterocycles. The highest BCUT2D eigenvalue weighted by atomic mass is 35.5. The van der Waals surface area contributed by atoms with Gasteiger partial charge in [0.2, 0.25) is 11.8 Å². The number of nitrogens with one attached hydrogen (secondary N) is 1. The number of hydrogen-bond acceptors (Lipinski definition) is 4. The van der Waals surface area contributed by atoms with E-state index in [1.807, 2.05) is 60.1 Å². The SMILES string of the molecule is CC1C(Nc2nc(=O)cc3n2C(c2ccccc2)CO3)=CC=C[C@@H]1Cl. The Kier molecular flexibility index (Phi) is 4.09. The minimum absolute atomic E-state index is 0.0337. The van der Waals surface area contributed by atoms with Crippen LogP contribution in [-0.4, -0.2) is 21.5 Å². The van der Waals surface area contributed by atoms with E-state index in [0.717, 1.165) is 11.3 Å². The molecule has 1 aromatic heterocycles. The standard InChI is InChI=1S/C19H18ClN3O2/c1-12-14(20)8-5-9-15(12)21-19-22-17(24)10-18-23(19)16(11-25-18)13-6-3-2-4-7-13/h2-10,12,14,16H,11H2,1H3,(H,21,22,24)/t12?,14-,16?/m0/s1. The molecule has 3 atom stereocenters. The summed E-state index contributed by atoms with van der Waals surface area (Å²) in [5, 5.41) is 3.20. The van der Waals surface area contributed by atoms with Gasteiger partial charge in [-0.3, -0.25) is 9.36 Å². The number of aromatic nitrogens is 2. The molecule has 1 aliphatic heterocycles. The molecule has 2 unspecified atom stereocenters. The Labute approximate surface area is 150 Å². The van der Waals surface area contributed by atoms with Crippen LogP contribution in [0.1, 0.15) is 18.5 Å². The van der Waals surface area contributed by atoms with Gasteiger partial charge in [0, 0.05) is 11.6 Å². The van der Waals surface area contributed by atoms with E-state index >= 15 is 0 Å². The smallest absolute Gasteiger partial charge is 0.278 e. The first-order valence-corrected chi connectivity index (χ1v) is 8.68. The van der Waals surface area contributed by atoms with Gasteiger partial charge in [0.15, 0.2) is 0 Å². The number of benzene rings is 1. The molecule has 2 heterocycles. The zero-order valence-electron chi connectivity index (χ0n) is 13.7. The van der Waals surface area contributed by atoms with Crippen LogP contribution in [-0.2, 0) is 0 Å². The molecule has 0 saturated carbocycles. The van der Waals surface area contributed by atoms with Gasteiger partial charge in [-0.05, 0) is 11.6 Å². The van der Waals surface area contributed by atoms with Crippen molar-refractivity contribution < 1.29 is 4.74 Å². The molecule has 0 radical (unpaired) electrons. The van der Waals surface area contributed by atoms with Crippen LogP contribution < -0.4 is 15.6 Å². The molecule has 6 heteroatoms. The number of ether oxygens (including phenoxy) is 1. The Bertz CT molecular complexity index is 905. The number of fused-ring (bicyclic) bond motifs is 1. The summed E-state index contributed by atoms with van der Waals surface area (Å²) in [5.74, 6) is 1.10. The number of alkyl halides is 1. The number of rotatable bonds is 3. The Balaban J connectivity index is 1.76. The Hall–Kier alpha value is -2.53. The minimum atomic E-state index is -0.329. The normalized spacial score (nSPS) is 24.4. The molecular formula is C19H18ClN3O2. The van der Waals surface area contributed by atoms with E-state index in [9.17, 15) is 4.79 Å². The van der Waals surface area contributed by atoms with Crippen molar-refractivity contribution in [2.75, 3.05) is 11.9 Å². The van der Waals surface area contributed by atoms with Crippen LogP contribution in [0, 0.1) is 5.92 Å². The fourth-order valence-corrected chi connectivity index (χ4v) is 3.39. The third-order valence-electron chi connectivity index (χ3n) is 4.61. The molecule has 2 aromatic rings. The van der Waals surface area contributed by atoms with Crippen LogP contribution in [0.5, 0.6) is 5.88 Å². The molecule has 5 nitrogen and oxygen atoms in total. The molecule has 0 spiro atoms. The van der Waals surface area contributed by atoms with Crippen LogP contribution in [0.2, 0.25) is 0 Å². The van der Waals surface area contributed by atoms with Gasteiger partial charge in [-0.15, -0.1) is 11.6 Å². The summed E-state index contributed by atoms with van der Waals surface area (Å²) in [7, 11) is 0. The Morgan fingerprint density at radius 1 is 1.32 bits per heavy atom. The maximum Gasteiger partial charge on any atom is 0.278 e. The van der Waals surface area contributed by atoms with Crippen LogP contribution >= 0.6 is 11.6 Å². The molecule has 2 aliphatic rings. The molecule has 1 aliphatic carbocycles. The second-order valence-electron chi connectivity index (χ2n) is 6.23. The van der Waals surface area contributed by atoms with Gasteiger partial charge >= 0.3 is 0 Å². The largest absolute Gasteiger partial charge is 0.476 e. The van der Waals surface area contributed by atoms with Crippen LogP contribution in [0.4, 0.5) is 5.95 Å². The molecular weight excluding hydrogens is 338 g/mol. The summed E-state index contributed by atoms with van der Waals surface area (Å²) in [6.07, 6.45) is 5.82. The van der Waals surface area contributed by atoms with E-state index in [-0.39, 0.29) is 22.9 Å². The van der Waals surface area contributed by atoms with Crippen LogP contribution in [0.15, 0.2) is 65.1 Å². The fourth-order valence-electron chi connectivity index (χ4n) is 3.17. The average Bonchev–Trinajstić information content (AvgIpc) is 3.03. The highest BCUT2D eigenvalue weighted by molar-refractivity contribution is 6.22. The first-order chi connectivity index (χ1) is 12.1. The van der Waals surface area contributed by atoms with Crippen LogP contribution in [0.3, 0.4) is 0 Å². The first kappa shape index (κ1) is 16.0. The molecule has 1 N–H and O–H groups in total. The quantitative estimate of drug-likeness (QED) is 0.858. The average molecular weight is 356 g/mol. The molecule has 0 fully saturated rings. The van der Waals surface area contributed by atoms with Crippen molar-refractivity contribution in [2.45, 2.75) is 18.3 Å². The van der Waals surface area contributed by atoms with Crippen molar-refractivity contribution in [1.82, 2.24) is 9.55 Å². The number of allylic oxidation sites excluding steroid dienone is 4. The molecule has 0 amide bonds. The highest BCUT2D eigenvalue weighted by Gasteiger charge is 2.29. The maximum absolute atomic E-state index is 12.0. The van der Waals surface area contributed by atoms with Gasteiger partial charge in [-0.1, -0.05) is 49.4 Å². The second-order valence-corrected chi connectivity index (χ2v) is 6.73. The zero-order valence-corrected chi connectivity index (χ0v) is 14.5.